The second-order valence-corrected chi connectivity index (χ2v) is 5.44. The van der Waals surface area contributed by atoms with Crippen LogP contribution in [-0.4, -0.2) is 11.0 Å². The third-order valence-corrected chi connectivity index (χ3v) is 4.11. The minimum atomic E-state index is -2.45. The number of fused-ring (bicyclic) bond motifs is 1. The van der Waals surface area contributed by atoms with E-state index in [1.165, 1.54) is 0 Å². The molecule has 0 bridgehead atoms. The normalized spacial score (nSPS) is 15.0. The molecular weight excluding hydrogens is 272 g/mol. The van der Waals surface area contributed by atoms with Crippen LogP contribution in [0.15, 0.2) is 35.1 Å². The van der Waals surface area contributed by atoms with Crippen LogP contribution in [-0.2, 0) is 6.42 Å². The summed E-state index contributed by atoms with van der Waals surface area (Å²) in [5.41, 5.74) is 2.46. The number of alkyl halides is 2. The topological polar surface area (TPSA) is 22.0 Å². The van der Waals surface area contributed by atoms with Crippen LogP contribution in [0.5, 0.6) is 0 Å². The van der Waals surface area contributed by atoms with E-state index in [1.54, 1.807) is 11.5 Å². The number of halogens is 2. The predicted molar refractivity (Wildman–Crippen MR) is 80.8 cm³/mol. The fourth-order valence-electron chi connectivity index (χ4n) is 3.09. The molecule has 110 valence electrons. The fourth-order valence-corrected chi connectivity index (χ4v) is 3.09. The highest BCUT2D eigenvalue weighted by molar-refractivity contribution is 5.86. The van der Waals surface area contributed by atoms with E-state index in [4.69, 9.17) is 0 Å². The van der Waals surface area contributed by atoms with E-state index in [2.05, 4.69) is 6.08 Å². The second-order valence-electron chi connectivity index (χ2n) is 5.44. The van der Waals surface area contributed by atoms with Gasteiger partial charge in [-0.1, -0.05) is 24.3 Å². The minimum absolute atomic E-state index is 0.169. The molecule has 1 aliphatic rings. The Morgan fingerprint density at radius 1 is 1.29 bits per heavy atom. The summed E-state index contributed by atoms with van der Waals surface area (Å²) in [6.07, 6.45) is 2.11. The Balaban J connectivity index is 2.35. The van der Waals surface area contributed by atoms with Gasteiger partial charge in [0, 0.05) is 23.1 Å². The second kappa shape index (κ2) is 5.43. The Labute approximate surface area is 121 Å². The van der Waals surface area contributed by atoms with Gasteiger partial charge in [-0.2, -0.15) is 0 Å². The first-order valence-corrected chi connectivity index (χ1v) is 7.20. The first-order chi connectivity index (χ1) is 10.1. The van der Waals surface area contributed by atoms with E-state index in [9.17, 15) is 13.6 Å². The molecule has 1 aromatic heterocycles. The van der Waals surface area contributed by atoms with Gasteiger partial charge in [-0.15, -0.1) is 0 Å². The fraction of sp³-hybridized carbons (Fsp3) is 0.353. The smallest absolute Gasteiger partial charge is 0.258 e. The molecular formula is C17H17F2NO. The van der Waals surface area contributed by atoms with Crippen LogP contribution in [0.4, 0.5) is 8.78 Å². The maximum atomic E-state index is 12.8. The molecule has 0 fully saturated rings. The summed E-state index contributed by atoms with van der Waals surface area (Å²) in [4.78, 5) is 12.6. The third kappa shape index (κ3) is 2.39. The molecule has 2 aromatic rings. The summed E-state index contributed by atoms with van der Waals surface area (Å²) in [5.74, 6) is 0. The van der Waals surface area contributed by atoms with Gasteiger partial charge in [-0.05, 0) is 37.8 Å². The lowest BCUT2D eigenvalue weighted by Gasteiger charge is -2.17. The maximum Gasteiger partial charge on any atom is 0.258 e. The molecule has 1 aliphatic carbocycles. The van der Waals surface area contributed by atoms with Crippen molar-refractivity contribution in [1.29, 1.82) is 0 Å². The average molecular weight is 289 g/mol. The van der Waals surface area contributed by atoms with Gasteiger partial charge >= 0.3 is 0 Å². The molecule has 1 aromatic carbocycles. The van der Waals surface area contributed by atoms with Gasteiger partial charge in [-0.3, -0.25) is 9.36 Å². The van der Waals surface area contributed by atoms with E-state index >= 15 is 0 Å². The largest absolute Gasteiger partial charge is 0.281 e. The summed E-state index contributed by atoms with van der Waals surface area (Å²) >= 11 is 0. The number of aromatic nitrogens is 1. The number of hydrogen-bond donors (Lipinski definition) is 0. The Bertz CT molecular complexity index is 774. The summed E-state index contributed by atoms with van der Waals surface area (Å²) in [5, 5.41) is 0.753. The molecule has 4 heteroatoms. The maximum absolute atomic E-state index is 12.8. The Morgan fingerprint density at radius 2 is 2.05 bits per heavy atom. The van der Waals surface area contributed by atoms with Gasteiger partial charge < -0.3 is 0 Å². The van der Waals surface area contributed by atoms with Crippen molar-refractivity contribution in [2.24, 2.45) is 0 Å². The first kappa shape index (κ1) is 14.0. The zero-order chi connectivity index (χ0) is 15.0. The third-order valence-electron chi connectivity index (χ3n) is 4.11. The Kier molecular flexibility index (Phi) is 3.62. The van der Waals surface area contributed by atoms with Gasteiger partial charge in [0.25, 0.3) is 5.56 Å². The highest BCUT2D eigenvalue weighted by Crippen LogP contribution is 2.28. The van der Waals surface area contributed by atoms with E-state index in [0.29, 0.717) is 11.1 Å². The van der Waals surface area contributed by atoms with Crippen LogP contribution < -0.4 is 5.56 Å². The van der Waals surface area contributed by atoms with Crippen LogP contribution in [0.3, 0.4) is 0 Å². The van der Waals surface area contributed by atoms with Crippen molar-refractivity contribution in [2.45, 2.75) is 39.0 Å². The SMILES string of the molecule is Cc1c(CC(F)F)c2ccccc2n(C2=CCCC2)c1=O. The lowest BCUT2D eigenvalue weighted by Crippen LogP contribution is -2.24. The number of nitrogens with zero attached hydrogens (tertiary/aromatic N) is 1. The summed E-state index contributed by atoms with van der Waals surface area (Å²) in [6, 6.07) is 7.33. The van der Waals surface area contributed by atoms with Crippen molar-refractivity contribution < 1.29 is 8.78 Å². The van der Waals surface area contributed by atoms with Gasteiger partial charge in [0.05, 0.1) is 5.52 Å². The van der Waals surface area contributed by atoms with Crippen molar-refractivity contribution >= 4 is 16.6 Å². The van der Waals surface area contributed by atoms with Gasteiger partial charge in [-0.25, -0.2) is 8.78 Å². The molecule has 0 saturated carbocycles. The average Bonchev–Trinajstić information content (AvgIpc) is 2.98. The van der Waals surface area contributed by atoms with Crippen LogP contribution in [0, 0.1) is 6.92 Å². The van der Waals surface area contributed by atoms with Gasteiger partial charge in [0.15, 0.2) is 0 Å². The van der Waals surface area contributed by atoms with Gasteiger partial charge in [0.1, 0.15) is 0 Å². The highest BCUT2D eigenvalue weighted by atomic mass is 19.3. The molecule has 0 aliphatic heterocycles. The lowest BCUT2D eigenvalue weighted by atomic mass is 10.0. The number of allylic oxidation sites excluding steroid dienone is 2. The summed E-state index contributed by atoms with van der Waals surface area (Å²) < 4.78 is 27.4. The van der Waals surface area contributed by atoms with E-state index < -0.39 is 6.43 Å². The molecule has 0 radical (unpaired) electrons. The first-order valence-electron chi connectivity index (χ1n) is 7.20. The van der Waals surface area contributed by atoms with Crippen molar-refractivity contribution in [3.8, 4) is 0 Å². The van der Waals surface area contributed by atoms with Crippen molar-refractivity contribution in [1.82, 2.24) is 4.57 Å². The van der Waals surface area contributed by atoms with E-state index in [0.717, 1.165) is 35.9 Å². The van der Waals surface area contributed by atoms with Crippen LogP contribution in [0.2, 0.25) is 0 Å². The molecule has 0 N–H and O–H groups in total. The molecule has 0 spiro atoms. The molecule has 2 nitrogen and oxygen atoms in total. The van der Waals surface area contributed by atoms with E-state index in [1.807, 2.05) is 24.3 Å². The molecule has 1 heterocycles. The summed E-state index contributed by atoms with van der Waals surface area (Å²) in [6.45, 7) is 1.65. The molecule has 21 heavy (non-hydrogen) atoms. The number of para-hydroxylation sites is 1. The monoisotopic (exact) mass is 289 g/mol. The van der Waals surface area contributed by atoms with Crippen LogP contribution in [0.25, 0.3) is 16.6 Å². The Hall–Kier alpha value is -1.97. The zero-order valence-corrected chi connectivity index (χ0v) is 11.9. The van der Waals surface area contributed by atoms with Gasteiger partial charge in [0.2, 0.25) is 6.43 Å². The standard InChI is InChI=1S/C17H17F2NO/c1-11-14(10-16(18)19)13-8-4-5-9-15(13)20(17(11)21)12-6-2-3-7-12/h4-6,8-9,16H,2-3,7,10H2,1H3. The minimum Gasteiger partial charge on any atom is -0.281 e. The molecule has 0 atom stereocenters. The number of hydrogen-bond acceptors (Lipinski definition) is 1. The summed E-state index contributed by atoms with van der Waals surface area (Å²) in [7, 11) is 0. The van der Waals surface area contributed by atoms with Crippen molar-refractivity contribution in [2.75, 3.05) is 0 Å². The highest BCUT2D eigenvalue weighted by Gasteiger charge is 2.19. The molecule has 0 amide bonds. The van der Waals surface area contributed by atoms with E-state index in [-0.39, 0.29) is 12.0 Å². The molecule has 3 rings (SSSR count). The number of rotatable bonds is 3. The van der Waals surface area contributed by atoms with Crippen LogP contribution in [0.1, 0.15) is 30.4 Å². The number of pyridine rings is 1. The van der Waals surface area contributed by atoms with Crippen molar-refractivity contribution in [3.63, 3.8) is 0 Å². The zero-order valence-electron chi connectivity index (χ0n) is 11.9. The molecule has 0 saturated heterocycles. The Morgan fingerprint density at radius 3 is 2.71 bits per heavy atom. The van der Waals surface area contributed by atoms with Crippen molar-refractivity contribution in [3.05, 3.63) is 51.8 Å². The molecule has 0 unspecified atom stereocenters. The lowest BCUT2D eigenvalue weighted by molar-refractivity contribution is 0.149. The predicted octanol–water partition coefficient (Wildman–Crippen LogP) is 4.14. The van der Waals surface area contributed by atoms with Crippen LogP contribution >= 0.6 is 0 Å². The quantitative estimate of drug-likeness (QED) is 0.832. The number of benzene rings is 1.